The van der Waals surface area contributed by atoms with Crippen molar-refractivity contribution in [3.63, 3.8) is 0 Å². The summed E-state index contributed by atoms with van der Waals surface area (Å²) in [6.07, 6.45) is 0.408. The molecule has 1 aliphatic rings. The maximum atomic E-state index is 11.5. The van der Waals surface area contributed by atoms with Gasteiger partial charge in [-0.25, -0.2) is 4.79 Å². The number of aliphatic hydroxyl groups is 1. The number of amides is 1. The first-order valence-corrected chi connectivity index (χ1v) is 6.03. The molecule has 0 aromatic rings. The van der Waals surface area contributed by atoms with Crippen LogP contribution < -0.4 is 5.32 Å². The molecule has 0 heterocycles. The van der Waals surface area contributed by atoms with Gasteiger partial charge in [-0.15, -0.1) is 0 Å². The van der Waals surface area contributed by atoms with Crippen LogP contribution in [0.2, 0.25) is 0 Å². The van der Waals surface area contributed by atoms with Gasteiger partial charge in [0.05, 0.1) is 12.1 Å². The molecule has 0 saturated heterocycles. The Kier molecular flexibility index (Phi) is 4.81. The second-order valence-corrected chi connectivity index (χ2v) is 5.50. The average Bonchev–Trinajstić information content (AvgIpc) is 2.19. The number of nitrogens with one attached hydrogen (secondary N) is 1. The molecule has 0 spiro atoms. The lowest BCUT2D eigenvalue weighted by Crippen LogP contribution is -2.45. The number of aliphatic hydroxyl groups excluding tert-OH is 1. The molecule has 0 radical (unpaired) electrons. The number of carbonyl (C=O) groups is 1. The molecule has 0 aliphatic heterocycles. The predicted octanol–water partition coefficient (Wildman–Crippen LogP) is 2.10. The fraction of sp³-hybridized carbons (Fsp3) is 0.909. The Labute approximate surface area is 106 Å². The maximum absolute atomic E-state index is 11.5. The zero-order valence-corrected chi connectivity index (χ0v) is 11.0. The number of ether oxygens (including phenoxy) is 1. The molecule has 7 nitrogen and oxygen atoms in total. The molecular formula is C11H20N4O3. The van der Waals surface area contributed by atoms with Crippen molar-refractivity contribution in [2.75, 3.05) is 0 Å². The van der Waals surface area contributed by atoms with Gasteiger partial charge in [0.2, 0.25) is 0 Å². The van der Waals surface area contributed by atoms with Crippen molar-refractivity contribution >= 4 is 6.09 Å². The normalized spacial score (nSPS) is 28.1. The van der Waals surface area contributed by atoms with Gasteiger partial charge in [-0.05, 0) is 45.6 Å². The lowest BCUT2D eigenvalue weighted by atomic mass is 9.89. The third kappa shape index (κ3) is 4.81. The quantitative estimate of drug-likeness (QED) is 0.448. The summed E-state index contributed by atoms with van der Waals surface area (Å²) in [5.74, 6) is 0. The predicted molar refractivity (Wildman–Crippen MR) is 65.9 cm³/mol. The van der Waals surface area contributed by atoms with Crippen LogP contribution in [0.4, 0.5) is 4.79 Å². The minimum absolute atomic E-state index is 0.139. The van der Waals surface area contributed by atoms with Crippen LogP contribution in [0.15, 0.2) is 5.11 Å². The van der Waals surface area contributed by atoms with Gasteiger partial charge >= 0.3 is 6.09 Å². The third-order valence-electron chi connectivity index (χ3n) is 2.70. The van der Waals surface area contributed by atoms with E-state index in [1.165, 1.54) is 0 Å². The summed E-state index contributed by atoms with van der Waals surface area (Å²) in [5, 5.41) is 16.0. The topological polar surface area (TPSA) is 107 Å². The fourth-order valence-corrected chi connectivity index (χ4v) is 1.94. The summed E-state index contributed by atoms with van der Waals surface area (Å²) >= 11 is 0. The zero-order chi connectivity index (χ0) is 13.8. The highest BCUT2D eigenvalue weighted by Crippen LogP contribution is 2.22. The third-order valence-corrected chi connectivity index (χ3v) is 2.70. The van der Waals surface area contributed by atoms with Crippen molar-refractivity contribution in [2.45, 2.75) is 63.8 Å². The summed E-state index contributed by atoms with van der Waals surface area (Å²) in [7, 11) is 0. The molecule has 1 fully saturated rings. The van der Waals surface area contributed by atoms with Crippen LogP contribution in [0.5, 0.6) is 0 Å². The average molecular weight is 256 g/mol. The first-order valence-electron chi connectivity index (χ1n) is 6.03. The Hall–Kier alpha value is -1.46. The SMILES string of the molecule is CC(C)(C)OC(=O)N[C@@H]1CC[C@@H](N=[N+]=[N-])[C@H](O)C1. The molecule has 0 bridgehead atoms. The highest BCUT2D eigenvalue weighted by molar-refractivity contribution is 5.68. The van der Waals surface area contributed by atoms with E-state index in [0.717, 1.165) is 0 Å². The number of nitrogens with zero attached hydrogens (tertiary/aromatic N) is 3. The van der Waals surface area contributed by atoms with Gasteiger partial charge in [0.1, 0.15) is 5.60 Å². The standard InChI is InChI=1S/C11H20N4O3/c1-11(2,3)18-10(17)13-7-4-5-8(14-15-12)9(16)6-7/h7-9,16H,4-6H2,1-3H3,(H,13,17)/t7-,8-,9-/m1/s1. The maximum Gasteiger partial charge on any atom is 0.407 e. The molecule has 0 aromatic carbocycles. The lowest BCUT2D eigenvalue weighted by molar-refractivity contribution is 0.0429. The molecule has 102 valence electrons. The molecule has 1 saturated carbocycles. The lowest BCUT2D eigenvalue weighted by Gasteiger charge is -2.31. The first kappa shape index (κ1) is 14.6. The number of alkyl carbamates (subject to hydrolysis) is 1. The Balaban J connectivity index is 2.42. The Bertz CT molecular complexity index is 347. The fourth-order valence-electron chi connectivity index (χ4n) is 1.94. The largest absolute Gasteiger partial charge is 0.444 e. The molecule has 1 rings (SSSR count). The second kappa shape index (κ2) is 5.93. The summed E-state index contributed by atoms with van der Waals surface area (Å²) in [5.41, 5.74) is 7.80. The van der Waals surface area contributed by atoms with Gasteiger partial charge < -0.3 is 15.2 Å². The second-order valence-electron chi connectivity index (χ2n) is 5.50. The molecule has 0 aromatic heterocycles. The van der Waals surface area contributed by atoms with Crippen LogP contribution in [0.1, 0.15) is 40.0 Å². The summed E-state index contributed by atoms with van der Waals surface area (Å²) in [4.78, 5) is 14.2. The number of hydrogen-bond donors (Lipinski definition) is 2. The van der Waals surface area contributed by atoms with Crippen molar-refractivity contribution in [2.24, 2.45) is 5.11 Å². The van der Waals surface area contributed by atoms with E-state index in [1.807, 2.05) is 0 Å². The van der Waals surface area contributed by atoms with E-state index in [-0.39, 0.29) is 6.04 Å². The minimum atomic E-state index is -0.713. The molecule has 0 unspecified atom stereocenters. The Morgan fingerprint density at radius 3 is 2.67 bits per heavy atom. The van der Waals surface area contributed by atoms with Gasteiger partial charge in [-0.1, -0.05) is 5.11 Å². The van der Waals surface area contributed by atoms with E-state index in [2.05, 4.69) is 15.3 Å². The molecule has 18 heavy (non-hydrogen) atoms. The van der Waals surface area contributed by atoms with E-state index >= 15 is 0 Å². The van der Waals surface area contributed by atoms with Crippen molar-refractivity contribution in [1.29, 1.82) is 0 Å². The highest BCUT2D eigenvalue weighted by atomic mass is 16.6. The van der Waals surface area contributed by atoms with Crippen molar-refractivity contribution in [3.05, 3.63) is 10.4 Å². The van der Waals surface area contributed by atoms with Crippen LogP contribution in [-0.4, -0.2) is 35.0 Å². The van der Waals surface area contributed by atoms with Crippen LogP contribution in [0.3, 0.4) is 0 Å². The van der Waals surface area contributed by atoms with Crippen LogP contribution in [0.25, 0.3) is 10.4 Å². The van der Waals surface area contributed by atoms with E-state index in [0.29, 0.717) is 19.3 Å². The van der Waals surface area contributed by atoms with E-state index in [9.17, 15) is 9.90 Å². The van der Waals surface area contributed by atoms with Gasteiger partial charge in [-0.2, -0.15) is 0 Å². The van der Waals surface area contributed by atoms with Crippen LogP contribution >= 0.6 is 0 Å². The summed E-state index contributed by atoms with van der Waals surface area (Å²) in [6.45, 7) is 5.37. The number of carbonyl (C=O) groups excluding carboxylic acids is 1. The molecule has 7 heteroatoms. The zero-order valence-electron chi connectivity index (χ0n) is 11.0. The Morgan fingerprint density at radius 2 is 2.17 bits per heavy atom. The van der Waals surface area contributed by atoms with Crippen molar-refractivity contribution in [3.8, 4) is 0 Å². The smallest absolute Gasteiger partial charge is 0.407 e. The molecule has 1 aliphatic carbocycles. The first-order chi connectivity index (χ1) is 8.31. The van der Waals surface area contributed by atoms with Crippen LogP contribution in [-0.2, 0) is 4.74 Å². The monoisotopic (exact) mass is 256 g/mol. The molecular weight excluding hydrogens is 236 g/mol. The number of azide groups is 1. The molecule has 1 amide bonds. The minimum Gasteiger partial charge on any atom is -0.444 e. The van der Waals surface area contributed by atoms with Gasteiger partial charge in [0, 0.05) is 11.0 Å². The van der Waals surface area contributed by atoms with E-state index < -0.39 is 23.8 Å². The molecule has 3 atom stereocenters. The number of hydrogen-bond acceptors (Lipinski definition) is 4. The highest BCUT2D eigenvalue weighted by Gasteiger charge is 2.30. The van der Waals surface area contributed by atoms with Crippen molar-refractivity contribution < 1.29 is 14.6 Å². The summed E-state index contributed by atoms with van der Waals surface area (Å²) in [6, 6.07) is -0.535. The summed E-state index contributed by atoms with van der Waals surface area (Å²) < 4.78 is 5.14. The molecule has 2 N–H and O–H groups in total. The van der Waals surface area contributed by atoms with E-state index in [1.54, 1.807) is 20.8 Å². The van der Waals surface area contributed by atoms with Gasteiger partial charge in [-0.3, -0.25) is 0 Å². The van der Waals surface area contributed by atoms with Crippen molar-refractivity contribution in [1.82, 2.24) is 5.32 Å². The van der Waals surface area contributed by atoms with Crippen LogP contribution in [0, 0.1) is 0 Å². The van der Waals surface area contributed by atoms with Gasteiger partial charge in [0.15, 0.2) is 0 Å². The van der Waals surface area contributed by atoms with Gasteiger partial charge in [0.25, 0.3) is 0 Å². The Morgan fingerprint density at radius 1 is 1.50 bits per heavy atom. The number of rotatable bonds is 2. The van der Waals surface area contributed by atoms with E-state index in [4.69, 9.17) is 10.3 Å².